The van der Waals surface area contributed by atoms with Crippen molar-refractivity contribution < 1.29 is 9.53 Å². The highest BCUT2D eigenvalue weighted by atomic mass is 32.2. The molecule has 0 spiro atoms. The molecule has 1 N–H and O–H groups in total. The Labute approximate surface area is 145 Å². The lowest BCUT2D eigenvalue weighted by atomic mass is 10.0. The number of carbonyl (C=O) groups is 1. The SMILES string of the molecule is C=CCn1ncnc1SCCCOc1ccc2c(c1)CCC(=O)N2. The van der Waals surface area contributed by atoms with Crippen molar-refractivity contribution >= 4 is 23.4 Å². The number of fused-ring (bicyclic) bond motifs is 1. The molecule has 0 aliphatic carbocycles. The third-order valence-corrected chi connectivity index (χ3v) is 4.71. The molecule has 0 radical (unpaired) electrons. The number of carbonyl (C=O) groups excluding carboxylic acids is 1. The number of benzene rings is 1. The van der Waals surface area contributed by atoms with Gasteiger partial charge < -0.3 is 10.1 Å². The van der Waals surface area contributed by atoms with Gasteiger partial charge >= 0.3 is 0 Å². The molecule has 0 saturated carbocycles. The fourth-order valence-electron chi connectivity index (χ4n) is 2.47. The Kier molecular flexibility index (Phi) is 5.53. The number of amides is 1. The zero-order valence-electron chi connectivity index (χ0n) is 13.4. The van der Waals surface area contributed by atoms with Crippen LogP contribution in [0.4, 0.5) is 5.69 Å². The molecule has 1 amide bonds. The topological polar surface area (TPSA) is 69.0 Å². The third-order valence-electron chi connectivity index (χ3n) is 3.64. The molecule has 0 saturated heterocycles. The molecule has 1 aliphatic heterocycles. The first-order valence-electron chi connectivity index (χ1n) is 7.93. The number of rotatable bonds is 8. The summed E-state index contributed by atoms with van der Waals surface area (Å²) in [7, 11) is 0. The van der Waals surface area contributed by atoms with Crippen molar-refractivity contribution in [3.63, 3.8) is 0 Å². The van der Waals surface area contributed by atoms with E-state index in [1.165, 1.54) is 0 Å². The van der Waals surface area contributed by atoms with Crippen LogP contribution in [0.2, 0.25) is 0 Å². The minimum Gasteiger partial charge on any atom is -0.494 e. The van der Waals surface area contributed by atoms with Gasteiger partial charge in [-0.25, -0.2) is 9.67 Å². The summed E-state index contributed by atoms with van der Waals surface area (Å²) < 4.78 is 7.64. The van der Waals surface area contributed by atoms with Gasteiger partial charge in [-0.15, -0.1) is 6.58 Å². The van der Waals surface area contributed by atoms with Crippen LogP contribution >= 0.6 is 11.8 Å². The maximum absolute atomic E-state index is 11.4. The van der Waals surface area contributed by atoms with Crippen LogP contribution in [0.25, 0.3) is 0 Å². The molecule has 6 nitrogen and oxygen atoms in total. The normalized spacial score (nSPS) is 13.2. The van der Waals surface area contributed by atoms with Crippen molar-refractivity contribution in [2.75, 3.05) is 17.7 Å². The standard InChI is InChI=1S/C17H20N4O2S/c1-2-8-21-17(18-12-19-21)24-10-3-9-23-14-5-6-15-13(11-14)4-7-16(22)20-15/h2,5-6,11-12H,1,3-4,7-10H2,(H,20,22). The second-order valence-electron chi connectivity index (χ2n) is 5.43. The number of nitrogens with one attached hydrogen (secondary N) is 1. The molecule has 0 fully saturated rings. The van der Waals surface area contributed by atoms with Gasteiger partial charge in [-0.1, -0.05) is 17.8 Å². The summed E-state index contributed by atoms with van der Waals surface area (Å²) >= 11 is 1.67. The monoisotopic (exact) mass is 344 g/mol. The second-order valence-corrected chi connectivity index (χ2v) is 6.49. The molecule has 3 rings (SSSR count). The first kappa shape index (κ1) is 16.6. The highest BCUT2D eigenvalue weighted by Gasteiger charge is 2.14. The molecule has 2 heterocycles. The number of aryl methyl sites for hydroxylation is 1. The lowest BCUT2D eigenvalue weighted by Gasteiger charge is -2.17. The average Bonchev–Trinajstić information content (AvgIpc) is 3.02. The molecular weight excluding hydrogens is 324 g/mol. The van der Waals surface area contributed by atoms with Gasteiger partial charge in [0, 0.05) is 17.9 Å². The van der Waals surface area contributed by atoms with Crippen molar-refractivity contribution in [1.82, 2.24) is 14.8 Å². The van der Waals surface area contributed by atoms with Crippen LogP contribution in [0.1, 0.15) is 18.4 Å². The van der Waals surface area contributed by atoms with E-state index >= 15 is 0 Å². The van der Waals surface area contributed by atoms with Crippen LogP contribution < -0.4 is 10.1 Å². The molecule has 24 heavy (non-hydrogen) atoms. The predicted molar refractivity (Wildman–Crippen MR) is 94.4 cm³/mol. The van der Waals surface area contributed by atoms with Crippen LogP contribution in [0, 0.1) is 0 Å². The Morgan fingerprint density at radius 3 is 3.21 bits per heavy atom. The van der Waals surface area contributed by atoms with Gasteiger partial charge in [-0.2, -0.15) is 5.10 Å². The van der Waals surface area contributed by atoms with E-state index in [-0.39, 0.29) is 5.91 Å². The van der Waals surface area contributed by atoms with E-state index in [0.29, 0.717) is 19.6 Å². The minimum absolute atomic E-state index is 0.0810. The van der Waals surface area contributed by atoms with E-state index in [0.717, 1.165) is 40.8 Å². The Morgan fingerprint density at radius 2 is 2.33 bits per heavy atom. The highest BCUT2D eigenvalue weighted by Crippen LogP contribution is 2.27. The van der Waals surface area contributed by atoms with Gasteiger partial charge in [0.1, 0.15) is 12.1 Å². The van der Waals surface area contributed by atoms with E-state index < -0.39 is 0 Å². The Morgan fingerprint density at radius 1 is 1.42 bits per heavy atom. The van der Waals surface area contributed by atoms with Crippen LogP contribution in [0.5, 0.6) is 5.75 Å². The van der Waals surface area contributed by atoms with Gasteiger partial charge in [-0.05, 0) is 36.6 Å². The largest absolute Gasteiger partial charge is 0.494 e. The summed E-state index contributed by atoms with van der Waals surface area (Å²) in [5, 5.41) is 7.93. The minimum atomic E-state index is 0.0810. The van der Waals surface area contributed by atoms with E-state index in [1.54, 1.807) is 24.2 Å². The zero-order chi connectivity index (χ0) is 16.8. The average molecular weight is 344 g/mol. The van der Waals surface area contributed by atoms with E-state index in [9.17, 15) is 4.79 Å². The maximum Gasteiger partial charge on any atom is 0.224 e. The summed E-state index contributed by atoms with van der Waals surface area (Å²) in [4.78, 5) is 15.6. The predicted octanol–water partition coefficient (Wildman–Crippen LogP) is 2.91. The van der Waals surface area contributed by atoms with Crippen molar-refractivity contribution in [3.05, 3.63) is 42.7 Å². The number of ether oxygens (including phenoxy) is 1. The lowest BCUT2D eigenvalue weighted by molar-refractivity contribution is -0.116. The first-order valence-corrected chi connectivity index (χ1v) is 8.92. The van der Waals surface area contributed by atoms with Crippen molar-refractivity contribution in [3.8, 4) is 5.75 Å². The molecule has 1 aromatic carbocycles. The highest BCUT2D eigenvalue weighted by molar-refractivity contribution is 7.99. The summed E-state index contributed by atoms with van der Waals surface area (Å²) in [6.07, 6.45) is 5.60. The number of hydrogen-bond acceptors (Lipinski definition) is 5. The molecule has 126 valence electrons. The maximum atomic E-state index is 11.4. The second kappa shape index (κ2) is 8.01. The van der Waals surface area contributed by atoms with E-state index in [1.807, 2.05) is 22.9 Å². The first-order chi connectivity index (χ1) is 11.8. The van der Waals surface area contributed by atoms with Crippen molar-refractivity contribution in [2.24, 2.45) is 0 Å². The van der Waals surface area contributed by atoms with Crippen molar-refractivity contribution in [1.29, 1.82) is 0 Å². The van der Waals surface area contributed by atoms with Crippen LogP contribution in [-0.4, -0.2) is 33.0 Å². The quantitative estimate of drug-likeness (QED) is 0.453. The summed E-state index contributed by atoms with van der Waals surface area (Å²) in [6.45, 7) is 5.03. The van der Waals surface area contributed by atoms with Gasteiger partial charge in [0.15, 0.2) is 5.16 Å². The van der Waals surface area contributed by atoms with E-state index in [2.05, 4.69) is 22.0 Å². The summed E-state index contributed by atoms with van der Waals surface area (Å²) in [5.74, 6) is 1.85. The number of allylic oxidation sites excluding steroid dienone is 1. The lowest BCUT2D eigenvalue weighted by Crippen LogP contribution is -2.18. The van der Waals surface area contributed by atoms with Gasteiger partial charge in [0.25, 0.3) is 0 Å². The number of thioether (sulfide) groups is 1. The van der Waals surface area contributed by atoms with E-state index in [4.69, 9.17) is 4.74 Å². The molecule has 0 atom stereocenters. The summed E-state index contributed by atoms with van der Waals surface area (Å²) in [5.41, 5.74) is 2.04. The molecule has 0 bridgehead atoms. The number of nitrogens with zero attached hydrogens (tertiary/aromatic N) is 3. The number of anilines is 1. The Bertz CT molecular complexity index is 729. The van der Waals surface area contributed by atoms with Gasteiger partial charge in [0.2, 0.25) is 5.91 Å². The van der Waals surface area contributed by atoms with Crippen LogP contribution in [0.15, 0.2) is 42.3 Å². The van der Waals surface area contributed by atoms with Crippen LogP contribution in [-0.2, 0) is 17.8 Å². The van der Waals surface area contributed by atoms with Crippen molar-refractivity contribution in [2.45, 2.75) is 31.0 Å². The van der Waals surface area contributed by atoms with Gasteiger partial charge in [0.05, 0.1) is 13.2 Å². The summed E-state index contributed by atoms with van der Waals surface area (Å²) in [6, 6.07) is 5.83. The molecule has 0 unspecified atom stereocenters. The number of hydrogen-bond donors (Lipinski definition) is 1. The molecule has 1 aromatic heterocycles. The fraction of sp³-hybridized carbons (Fsp3) is 0.353. The van der Waals surface area contributed by atoms with Crippen LogP contribution in [0.3, 0.4) is 0 Å². The third kappa shape index (κ3) is 4.17. The Hall–Kier alpha value is -2.28. The smallest absolute Gasteiger partial charge is 0.224 e. The Balaban J connectivity index is 1.43. The zero-order valence-corrected chi connectivity index (χ0v) is 14.2. The molecule has 7 heteroatoms. The molecule has 1 aliphatic rings. The van der Waals surface area contributed by atoms with Gasteiger partial charge in [-0.3, -0.25) is 4.79 Å². The molecule has 2 aromatic rings. The number of aromatic nitrogens is 3. The molecular formula is C17H20N4O2S. The fourth-order valence-corrected chi connectivity index (χ4v) is 3.31.